The van der Waals surface area contributed by atoms with Gasteiger partial charge >= 0.3 is 0 Å². The number of hydrogen-bond donors (Lipinski definition) is 2. The van der Waals surface area contributed by atoms with Crippen LogP contribution in [0, 0.1) is 5.82 Å². The van der Waals surface area contributed by atoms with Gasteiger partial charge in [0.1, 0.15) is 11.6 Å². The predicted molar refractivity (Wildman–Crippen MR) is 56.9 cm³/mol. The van der Waals surface area contributed by atoms with Gasteiger partial charge in [0.05, 0.1) is 12.2 Å². The average molecular weight is 227 g/mol. The number of nitrogens with one attached hydrogen (secondary N) is 1. The minimum absolute atomic E-state index is 0.0536. The maximum atomic E-state index is 12.7. The lowest BCUT2D eigenvalue weighted by atomic mass is 10.2. The lowest BCUT2D eigenvalue weighted by Crippen LogP contribution is -2.27. The van der Waals surface area contributed by atoms with E-state index in [1.165, 1.54) is 6.07 Å². The van der Waals surface area contributed by atoms with Gasteiger partial charge in [0.2, 0.25) is 0 Å². The number of carbonyl (C=O) groups excluding carboxylic acids is 1. The Bertz CT molecular complexity index is 368. The molecule has 0 saturated heterocycles. The lowest BCUT2D eigenvalue weighted by molar-refractivity contribution is 0.0920. The zero-order chi connectivity index (χ0) is 12.0. The molecule has 0 aliphatic rings. The van der Waals surface area contributed by atoms with Crippen LogP contribution >= 0.6 is 0 Å². The summed E-state index contributed by atoms with van der Waals surface area (Å²) >= 11 is 0. The van der Waals surface area contributed by atoms with Gasteiger partial charge in [-0.3, -0.25) is 4.79 Å². The summed E-state index contributed by atoms with van der Waals surface area (Å²) in [4.78, 5) is 11.5. The summed E-state index contributed by atoms with van der Waals surface area (Å²) in [5.74, 6) is -1.39. The molecular formula is C11H14FNO3. The van der Waals surface area contributed by atoms with Crippen LogP contribution in [0.3, 0.4) is 0 Å². The van der Waals surface area contributed by atoms with Crippen LogP contribution in [0.15, 0.2) is 18.2 Å². The topological polar surface area (TPSA) is 58.6 Å². The molecule has 0 aromatic heterocycles. The number of hydrogen-bond acceptors (Lipinski definition) is 3. The second kappa shape index (κ2) is 6.07. The molecule has 1 aromatic rings. The Kier molecular flexibility index (Phi) is 4.72. The van der Waals surface area contributed by atoms with Crippen LogP contribution in [0.25, 0.3) is 0 Å². The van der Waals surface area contributed by atoms with Crippen molar-refractivity contribution >= 4 is 5.91 Å². The summed E-state index contributed by atoms with van der Waals surface area (Å²) in [7, 11) is 0. The maximum Gasteiger partial charge on any atom is 0.255 e. The van der Waals surface area contributed by atoms with Gasteiger partial charge in [-0.25, -0.2) is 4.39 Å². The van der Waals surface area contributed by atoms with Crippen molar-refractivity contribution in [2.24, 2.45) is 0 Å². The van der Waals surface area contributed by atoms with E-state index in [0.717, 1.165) is 12.1 Å². The molecule has 1 rings (SSSR count). The number of phenols is 1. The summed E-state index contributed by atoms with van der Waals surface area (Å²) in [6, 6.07) is 3.26. The smallest absolute Gasteiger partial charge is 0.255 e. The molecule has 0 heterocycles. The van der Waals surface area contributed by atoms with E-state index in [0.29, 0.717) is 19.8 Å². The molecule has 0 atom stereocenters. The molecule has 0 aliphatic carbocycles. The molecular weight excluding hydrogens is 213 g/mol. The summed E-state index contributed by atoms with van der Waals surface area (Å²) in [5.41, 5.74) is 0.0536. The van der Waals surface area contributed by atoms with E-state index in [1.807, 2.05) is 6.92 Å². The minimum Gasteiger partial charge on any atom is -0.507 e. The molecule has 0 aliphatic heterocycles. The monoisotopic (exact) mass is 227 g/mol. The molecule has 16 heavy (non-hydrogen) atoms. The fraction of sp³-hybridized carbons (Fsp3) is 0.364. The number of carbonyl (C=O) groups is 1. The summed E-state index contributed by atoms with van der Waals surface area (Å²) in [6.45, 7) is 3.19. The third-order valence-electron chi connectivity index (χ3n) is 1.94. The van der Waals surface area contributed by atoms with Crippen LogP contribution in [0.5, 0.6) is 5.75 Å². The van der Waals surface area contributed by atoms with E-state index >= 15 is 0 Å². The van der Waals surface area contributed by atoms with Gasteiger partial charge in [-0.2, -0.15) is 0 Å². The van der Waals surface area contributed by atoms with Crippen molar-refractivity contribution in [2.45, 2.75) is 6.92 Å². The van der Waals surface area contributed by atoms with Crippen LogP contribution < -0.4 is 5.32 Å². The van der Waals surface area contributed by atoms with Crippen molar-refractivity contribution in [2.75, 3.05) is 19.8 Å². The van der Waals surface area contributed by atoms with Crippen LogP contribution in [0.2, 0.25) is 0 Å². The van der Waals surface area contributed by atoms with E-state index in [9.17, 15) is 14.3 Å². The van der Waals surface area contributed by atoms with E-state index in [-0.39, 0.29) is 11.3 Å². The largest absolute Gasteiger partial charge is 0.507 e. The highest BCUT2D eigenvalue weighted by molar-refractivity contribution is 5.96. The van der Waals surface area contributed by atoms with Crippen LogP contribution in [-0.2, 0) is 4.74 Å². The van der Waals surface area contributed by atoms with E-state index in [2.05, 4.69) is 5.32 Å². The molecule has 0 fully saturated rings. The molecule has 1 amide bonds. The van der Waals surface area contributed by atoms with Gasteiger partial charge in [0.15, 0.2) is 0 Å². The van der Waals surface area contributed by atoms with Gasteiger partial charge in [0.25, 0.3) is 5.91 Å². The number of benzene rings is 1. The van der Waals surface area contributed by atoms with Gasteiger partial charge in [0, 0.05) is 19.2 Å². The van der Waals surface area contributed by atoms with Crippen LogP contribution in [-0.4, -0.2) is 30.8 Å². The number of phenolic OH excluding ortho intramolecular Hbond substituents is 1. The molecule has 88 valence electrons. The third-order valence-corrected chi connectivity index (χ3v) is 1.94. The van der Waals surface area contributed by atoms with Crippen molar-refractivity contribution in [1.29, 1.82) is 0 Å². The third kappa shape index (κ3) is 3.51. The highest BCUT2D eigenvalue weighted by Gasteiger charge is 2.10. The zero-order valence-corrected chi connectivity index (χ0v) is 9.00. The van der Waals surface area contributed by atoms with Gasteiger partial charge in [-0.1, -0.05) is 0 Å². The quantitative estimate of drug-likeness (QED) is 0.745. The Labute approximate surface area is 93.0 Å². The van der Waals surface area contributed by atoms with Crippen molar-refractivity contribution in [3.8, 4) is 5.75 Å². The highest BCUT2D eigenvalue weighted by atomic mass is 19.1. The van der Waals surface area contributed by atoms with Crippen molar-refractivity contribution in [3.63, 3.8) is 0 Å². The van der Waals surface area contributed by atoms with Crippen LogP contribution in [0.1, 0.15) is 17.3 Å². The lowest BCUT2D eigenvalue weighted by Gasteiger charge is -2.06. The Balaban J connectivity index is 2.53. The molecule has 2 N–H and O–H groups in total. The number of amides is 1. The number of aromatic hydroxyl groups is 1. The predicted octanol–water partition coefficient (Wildman–Crippen LogP) is 1.30. The van der Waals surface area contributed by atoms with E-state index in [1.54, 1.807) is 0 Å². The number of halogens is 1. The first-order chi connectivity index (χ1) is 7.65. The van der Waals surface area contributed by atoms with E-state index < -0.39 is 11.7 Å². The Morgan fingerprint density at radius 2 is 2.31 bits per heavy atom. The van der Waals surface area contributed by atoms with E-state index in [4.69, 9.17) is 4.74 Å². The Morgan fingerprint density at radius 3 is 2.94 bits per heavy atom. The fourth-order valence-electron chi connectivity index (χ4n) is 1.17. The molecule has 0 saturated carbocycles. The fourth-order valence-corrected chi connectivity index (χ4v) is 1.17. The molecule has 0 unspecified atom stereocenters. The van der Waals surface area contributed by atoms with Crippen molar-refractivity contribution in [1.82, 2.24) is 5.32 Å². The average Bonchev–Trinajstić information content (AvgIpc) is 2.24. The second-order valence-electron chi connectivity index (χ2n) is 3.11. The zero-order valence-electron chi connectivity index (χ0n) is 9.00. The minimum atomic E-state index is -0.580. The Hall–Kier alpha value is -1.62. The summed E-state index contributed by atoms with van der Waals surface area (Å²) in [5, 5.41) is 11.9. The summed E-state index contributed by atoms with van der Waals surface area (Å²) < 4.78 is 17.7. The normalized spacial score (nSPS) is 10.1. The molecule has 1 aromatic carbocycles. The standard InChI is InChI=1S/C11H14FNO3/c1-2-16-6-5-13-11(15)9-4-3-8(12)7-10(9)14/h3-4,7,14H,2,5-6H2,1H3,(H,13,15). The second-order valence-corrected chi connectivity index (χ2v) is 3.11. The van der Waals surface area contributed by atoms with Crippen molar-refractivity contribution < 1.29 is 19.0 Å². The molecule has 0 radical (unpaired) electrons. The van der Waals surface area contributed by atoms with Gasteiger partial charge in [-0.15, -0.1) is 0 Å². The van der Waals surface area contributed by atoms with Crippen molar-refractivity contribution in [3.05, 3.63) is 29.6 Å². The number of ether oxygens (including phenoxy) is 1. The molecule has 4 nitrogen and oxygen atoms in total. The SMILES string of the molecule is CCOCCNC(=O)c1ccc(F)cc1O. The first-order valence-electron chi connectivity index (χ1n) is 4.99. The van der Waals surface area contributed by atoms with Gasteiger partial charge in [-0.05, 0) is 19.1 Å². The molecule has 5 heteroatoms. The molecule has 0 bridgehead atoms. The summed E-state index contributed by atoms with van der Waals surface area (Å²) in [6.07, 6.45) is 0. The molecule has 0 spiro atoms. The van der Waals surface area contributed by atoms with Crippen LogP contribution in [0.4, 0.5) is 4.39 Å². The highest BCUT2D eigenvalue weighted by Crippen LogP contribution is 2.17. The van der Waals surface area contributed by atoms with Gasteiger partial charge < -0.3 is 15.2 Å². The first kappa shape index (κ1) is 12.4. The number of rotatable bonds is 5. The Morgan fingerprint density at radius 1 is 1.56 bits per heavy atom. The maximum absolute atomic E-state index is 12.7. The first-order valence-corrected chi connectivity index (χ1v) is 4.99.